The fourth-order valence-electron chi connectivity index (χ4n) is 3.38. The monoisotopic (exact) mass is 397 g/mol. The van der Waals surface area contributed by atoms with Crippen LogP contribution in [0.15, 0.2) is 53.9 Å². The molecule has 0 bridgehead atoms. The van der Waals surface area contributed by atoms with Crippen LogP contribution in [0.2, 0.25) is 5.02 Å². The molecule has 1 aromatic carbocycles. The van der Waals surface area contributed by atoms with Crippen LogP contribution in [0.4, 0.5) is 5.69 Å². The number of thiophene rings is 1. The molecule has 4 nitrogen and oxygen atoms in total. The lowest BCUT2D eigenvalue weighted by Crippen LogP contribution is -2.49. The van der Waals surface area contributed by atoms with Crippen molar-refractivity contribution in [2.75, 3.05) is 31.1 Å². The molecule has 138 valence electrons. The molecule has 0 atom stereocenters. The predicted molar refractivity (Wildman–Crippen MR) is 112 cm³/mol. The number of amides is 1. The third-order valence-electron chi connectivity index (χ3n) is 4.85. The second kappa shape index (κ2) is 7.71. The summed E-state index contributed by atoms with van der Waals surface area (Å²) in [5.74, 6) is 0.0524. The standard InChI is InChI=1S/C21H20ClN3OS/c1-15-16(8-9-18(23-15)20-7-4-14-27-20)21(26)25-12-10-24(11-13-25)19-6-3-2-5-17(19)22/h2-9,14H,10-13H2,1H3. The molecule has 1 aliphatic heterocycles. The van der Waals surface area contributed by atoms with Gasteiger partial charge < -0.3 is 9.80 Å². The topological polar surface area (TPSA) is 36.4 Å². The van der Waals surface area contributed by atoms with Crippen LogP contribution >= 0.6 is 22.9 Å². The maximum Gasteiger partial charge on any atom is 0.255 e. The second-order valence-corrected chi connectivity index (χ2v) is 7.89. The van der Waals surface area contributed by atoms with Gasteiger partial charge in [0.1, 0.15) is 0 Å². The zero-order valence-electron chi connectivity index (χ0n) is 15.1. The van der Waals surface area contributed by atoms with Crippen LogP contribution < -0.4 is 4.90 Å². The van der Waals surface area contributed by atoms with Crippen LogP contribution in [0.25, 0.3) is 10.6 Å². The second-order valence-electron chi connectivity index (χ2n) is 6.54. The highest BCUT2D eigenvalue weighted by atomic mass is 35.5. The van der Waals surface area contributed by atoms with E-state index in [9.17, 15) is 4.79 Å². The minimum absolute atomic E-state index is 0.0524. The molecule has 0 spiro atoms. The number of aromatic nitrogens is 1. The van der Waals surface area contributed by atoms with Gasteiger partial charge in [0.15, 0.2) is 0 Å². The summed E-state index contributed by atoms with van der Waals surface area (Å²) in [6.45, 7) is 4.81. The lowest BCUT2D eigenvalue weighted by atomic mass is 10.1. The summed E-state index contributed by atoms with van der Waals surface area (Å²) in [6.07, 6.45) is 0. The number of para-hydroxylation sites is 1. The maximum atomic E-state index is 13.0. The molecule has 0 unspecified atom stereocenters. The highest BCUT2D eigenvalue weighted by molar-refractivity contribution is 7.13. The summed E-state index contributed by atoms with van der Waals surface area (Å²) >= 11 is 7.95. The molecule has 1 amide bonds. The Morgan fingerprint density at radius 3 is 2.48 bits per heavy atom. The van der Waals surface area contributed by atoms with Crippen LogP contribution in [0.3, 0.4) is 0 Å². The van der Waals surface area contributed by atoms with Crippen molar-refractivity contribution in [1.82, 2.24) is 9.88 Å². The minimum atomic E-state index is 0.0524. The first kappa shape index (κ1) is 18.0. The van der Waals surface area contributed by atoms with Crippen molar-refractivity contribution < 1.29 is 4.79 Å². The summed E-state index contributed by atoms with van der Waals surface area (Å²) in [7, 11) is 0. The Labute approximate surface area is 168 Å². The molecule has 27 heavy (non-hydrogen) atoms. The van der Waals surface area contributed by atoms with Gasteiger partial charge in [0, 0.05) is 26.2 Å². The third kappa shape index (κ3) is 3.70. The van der Waals surface area contributed by atoms with E-state index in [0.29, 0.717) is 18.7 Å². The molecule has 0 aliphatic carbocycles. The molecule has 0 saturated carbocycles. The van der Waals surface area contributed by atoms with E-state index < -0.39 is 0 Å². The molecular weight excluding hydrogens is 378 g/mol. The van der Waals surface area contributed by atoms with E-state index in [1.54, 1.807) is 11.3 Å². The average Bonchev–Trinajstić information content (AvgIpc) is 3.23. The van der Waals surface area contributed by atoms with Gasteiger partial charge in [-0.3, -0.25) is 9.78 Å². The molecule has 0 N–H and O–H groups in total. The molecular formula is C21H20ClN3OS. The number of aryl methyl sites for hydroxylation is 1. The van der Waals surface area contributed by atoms with Crippen LogP contribution in [0, 0.1) is 6.92 Å². The van der Waals surface area contributed by atoms with Crippen molar-refractivity contribution in [2.24, 2.45) is 0 Å². The normalized spacial score (nSPS) is 14.4. The van der Waals surface area contributed by atoms with Crippen LogP contribution in [0.1, 0.15) is 16.1 Å². The lowest BCUT2D eigenvalue weighted by Gasteiger charge is -2.36. The smallest absolute Gasteiger partial charge is 0.255 e. The number of piperazine rings is 1. The summed E-state index contributed by atoms with van der Waals surface area (Å²) in [4.78, 5) is 22.9. The summed E-state index contributed by atoms with van der Waals surface area (Å²) < 4.78 is 0. The Kier molecular flexibility index (Phi) is 5.14. The largest absolute Gasteiger partial charge is 0.367 e. The summed E-state index contributed by atoms with van der Waals surface area (Å²) in [5.41, 5.74) is 3.41. The molecule has 3 aromatic rings. The number of pyridine rings is 1. The number of anilines is 1. The number of carbonyl (C=O) groups excluding carboxylic acids is 1. The van der Waals surface area contributed by atoms with E-state index in [2.05, 4.69) is 9.88 Å². The van der Waals surface area contributed by atoms with Gasteiger partial charge in [0.05, 0.1) is 32.5 Å². The third-order valence-corrected chi connectivity index (χ3v) is 6.06. The molecule has 3 heterocycles. The van der Waals surface area contributed by atoms with E-state index in [1.807, 2.05) is 65.7 Å². The van der Waals surface area contributed by atoms with Gasteiger partial charge in [-0.2, -0.15) is 0 Å². The molecule has 2 aromatic heterocycles. The van der Waals surface area contributed by atoms with Crippen molar-refractivity contribution in [1.29, 1.82) is 0 Å². The molecule has 1 fully saturated rings. The van der Waals surface area contributed by atoms with Gasteiger partial charge in [0.2, 0.25) is 0 Å². The fourth-order valence-corrected chi connectivity index (χ4v) is 4.33. The van der Waals surface area contributed by atoms with Crippen molar-refractivity contribution in [3.8, 4) is 10.6 Å². The number of rotatable bonds is 3. The van der Waals surface area contributed by atoms with Crippen molar-refractivity contribution in [2.45, 2.75) is 6.92 Å². The quantitative estimate of drug-likeness (QED) is 0.640. The van der Waals surface area contributed by atoms with Gasteiger partial charge in [0.25, 0.3) is 5.91 Å². The number of carbonyl (C=O) groups is 1. The number of hydrogen-bond acceptors (Lipinski definition) is 4. The zero-order chi connectivity index (χ0) is 18.8. The SMILES string of the molecule is Cc1nc(-c2cccs2)ccc1C(=O)N1CCN(c2ccccc2Cl)CC1. The van der Waals surface area contributed by atoms with Crippen molar-refractivity contribution in [3.63, 3.8) is 0 Å². The molecule has 1 aliphatic rings. The molecule has 6 heteroatoms. The maximum absolute atomic E-state index is 13.0. The number of hydrogen-bond donors (Lipinski definition) is 0. The van der Waals surface area contributed by atoms with Gasteiger partial charge in [-0.1, -0.05) is 29.8 Å². The van der Waals surface area contributed by atoms with E-state index >= 15 is 0 Å². The Morgan fingerprint density at radius 2 is 1.81 bits per heavy atom. The Bertz CT molecular complexity index is 950. The Morgan fingerprint density at radius 1 is 1.04 bits per heavy atom. The highest BCUT2D eigenvalue weighted by Gasteiger charge is 2.24. The first-order valence-electron chi connectivity index (χ1n) is 8.94. The number of benzene rings is 1. The number of nitrogens with zero attached hydrogens (tertiary/aromatic N) is 3. The Balaban J connectivity index is 1.46. The highest BCUT2D eigenvalue weighted by Crippen LogP contribution is 2.27. The molecule has 0 radical (unpaired) electrons. The summed E-state index contributed by atoms with van der Waals surface area (Å²) in [6, 6.07) is 15.7. The van der Waals surface area contributed by atoms with Gasteiger partial charge in [-0.05, 0) is 42.6 Å². The van der Waals surface area contributed by atoms with Crippen molar-refractivity contribution in [3.05, 3.63) is 70.2 Å². The van der Waals surface area contributed by atoms with E-state index in [0.717, 1.165) is 40.1 Å². The molecule has 4 rings (SSSR count). The van der Waals surface area contributed by atoms with Gasteiger partial charge in [-0.15, -0.1) is 11.3 Å². The molecule has 1 saturated heterocycles. The number of halogens is 1. The summed E-state index contributed by atoms with van der Waals surface area (Å²) in [5, 5.41) is 2.78. The van der Waals surface area contributed by atoms with E-state index in [-0.39, 0.29) is 5.91 Å². The Hall–Kier alpha value is -2.37. The van der Waals surface area contributed by atoms with Crippen LogP contribution in [-0.2, 0) is 0 Å². The van der Waals surface area contributed by atoms with E-state index in [1.165, 1.54) is 0 Å². The average molecular weight is 398 g/mol. The first-order chi connectivity index (χ1) is 13.1. The minimum Gasteiger partial charge on any atom is -0.367 e. The van der Waals surface area contributed by atoms with Crippen LogP contribution in [-0.4, -0.2) is 42.0 Å². The lowest BCUT2D eigenvalue weighted by molar-refractivity contribution is 0.0745. The van der Waals surface area contributed by atoms with Crippen molar-refractivity contribution >= 4 is 34.5 Å². The fraction of sp³-hybridized carbons (Fsp3) is 0.238. The predicted octanol–water partition coefficient (Wildman–Crippen LogP) is 4.73. The van der Waals surface area contributed by atoms with Gasteiger partial charge >= 0.3 is 0 Å². The van der Waals surface area contributed by atoms with Crippen LogP contribution in [0.5, 0.6) is 0 Å². The van der Waals surface area contributed by atoms with E-state index in [4.69, 9.17) is 11.6 Å². The first-order valence-corrected chi connectivity index (χ1v) is 10.2. The van der Waals surface area contributed by atoms with Gasteiger partial charge in [-0.25, -0.2) is 0 Å². The zero-order valence-corrected chi connectivity index (χ0v) is 16.6.